The van der Waals surface area contributed by atoms with E-state index in [0.29, 0.717) is 11.7 Å². The maximum absolute atomic E-state index is 11.6. The van der Waals surface area contributed by atoms with E-state index < -0.39 is 0 Å². The van der Waals surface area contributed by atoms with Crippen LogP contribution in [0.1, 0.15) is 43.8 Å². The van der Waals surface area contributed by atoms with E-state index in [4.69, 9.17) is 4.74 Å². The van der Waals surface area contributed by atoms with Crippen molar-refractivity contribution in [2.24, 2.45) is 0 Å². The molecule has 1 heterocycles. The molecule has 0 aromatic carbocycles. The number of hydrogen-bond acceptors (Lipinski definition) is 4. The zero-order chi connectivity index (χ0) is 12.5. The SMILES string of the molecule is COC1CCCC1Nc1cc(=O)[nH]c(C2CC2)n1. The van der Waals surface area contributed by atoms with Gasteiger partial charge in [0, 0.05) is 19.1 Å². The van der Waals surface area contributed by atoms with Crippen molar-refractivity contribution in [1.82, 2.24) is 9.97 Å². The molecule has 0 aliphatic heterocycles. The van der Waals surface area contributed by atoms with E-state index in [1.165, 1.54) is 6.07 Å². The lowest BCUT2D eigenvalue weighted by Gasteiger charge is -2.20. The molecule has 3 rings (SSSR count). The van der Waals surface area contributed by atoms with Crippen LogP contribution in [0.5, 0.6) is 0 Å². The quantitative estimate of drug-likeness (QED) is 0.851. The Morgan fingerprint density at radius 3 is 2.94 bits per heavy atom. The highest BCUT2D eigenvalue weighted by molar-refractivity contribution is 5.36. The molecular weight excluding hydrogens is 230 g/mol. The molecule has 2 atom stereocenters. The van der Waals surface area contributed by atoms with E-state index >= 15 is 0 Å². The minimum Gasteiger partial charge on any atom is -0.379 e. The Kier molecular flexibility index (Phi) is 3.07. The van der Waals surface area contributed by atoms with Gasteiger partial charge in [-0.25, -0.2) is 4.98 Å². The van der Waals surface area contributed by atoms with Crippen molar-refractivity contribution in [3.63, 3.8) is 0 Å². The van der Waals surface area contributed by atoms with Crippen molar-refractivity contribution < 1.29 is 4.74 Å². The number of nitrogens with zero attached hydrogens (tertiary/aromatic N) is 1. The average molecular weight is 249 g/mol. The molecule has 98 valence electrons. The molecule has 0 spiro atoms. The fraction of sp³-hybridized carbons (Fsp3) is 0.692. The molecule has 1 aromatic rings. The molecule has 1 aromatic heterocycles. The van der Waals surface area contributed by atoms with Crippen molar-refractivity contribution in [1.29, 1.82) is 0 Å². The van der Waals surface area contributed by atoms with E-state index in [2.05, 4.69) is 15.3 Å². The standard InChI is InChI=1S/C13H19N3O2/c1-18-10-4-2-3-9(10)14-11-7-12(17)16-13(15-11)8-5-6-8/h7-10H,2-6H2,1H3,(H2,14,15,16,17). The molecular formula is C13H19N3O2. The van der Waals surface area contributed by atoms with Crippen LogP contribution in [0, 0.1) is 0 Å². The number of rotatable bonds is 4. The van der Waals surface area contributed by atoms with Gasteiger partial charge in [-0.15, -0.1) is 0 Å². The zero-order valence-electron chi connectivity index (χ0n) is 10.6. The van der Waals surface area contributed by atoms with Crippen LogP contribution in [0.3, 0.4) is 0 Å². The third-order valence-electron chi connectivity index (χ3n) is 3.81. The van der Waals surface area contributed by atoms with Gasteiger partial charge in [0.15, 0.2) is 0 Å². The number of hydrogen-bond donors (Lipinski definition) is 2. The molecule has 18 heavy (non-hydrogen) atoms. The van der Waals surface area contributed by atoms with Crippen LogP contribution in [0.2, 0.25) is 0 Å². The van der Waals surface area contributed by atoms with Gasteiger partial charge in [-0.05, 0) is 32.1 Å². The van der Waals surface area contributed by atoms with Gasteiger partial charge < -0.3 is 15.0 Å². The van der Waals surface area contributed by atoms with Crippen LogP contribution in [0.15, 0.2) is 10.9 Å². The maximum atomic E-state index is 11.6. The Bertz CT molecular complexity index is 481. The summed E-state index contributed by atoms with van der Waals surface area (Å²) in [6.45, 7) is 0. The van der Waals surface area contributed by atoms with Crippen LogP contribution in [-0.2, 0) is 4.74 Å². The molecule has 2 saturated carbocycles. The number of nitrogens with one attached hydrogen (secondary N) is 2. The number of H-pyrrole nitrogens is 1. The van der Waals surface area contributed by atoms with Gasteiger partial charge in [-0.1, -0.05) is 0 Å². The highest BCUT2D eigenvalue weighted by Crippen LogP contribution is 2.37. The number of ether oxygens (including phenoxy) is 1. The van der Waals surface area contributed by atoms with Crippen molar-refractivity contribution in [2.75, 3.05) is 12.4 Å². The van der Waals surface area contributed by atoms with Gasteiger partial charge in [0.05, 0.1) is 12.1 Å². The number of anilines is 1. The first kappa shape index (κ1) is 11.7. The van der Waals surface area contributed by atoms with Crippen molar-refractivity contribution in [3.8, 4) is 0 Å². The summed E-state index contributed by atoms with van der Waals surface area (Å²) >= 11 is 0. The van der Waals surface area contributed by atoms with Gasteiger partial charge in [-0.2, -0.15) is 0 Å². The van der Waals surface area contributed by atoms with E-state index in [1.54, 1.807) is 7.11 Å². The first-order valence-electron chi connectivity index (χ1n) is 6.67. The third kappa shape index (κ3) is 2.41. The van der Waals surface area contributed by atoms with E-state index in [9.17, 15) is 4.79 Å². The Hall–Kier alpha value is -1.36. The van der Waals surface area contributed by atoms with Crippen LogP contribution in [-0.4, -0.2) is 29.2 Å². The van der Waals surface area contributed by atoms with E-state index in [1.807, 2.05) is 0 Å². The first-order valence-corrected chi connectivity index (χ1v) is 6.67. The molecule has 2 N–H and O–H groups in total. The lowest BCUT2D eigenvalue weighted by Crippen LogP contribution is -2.30. The topological polar surface area (TPSA) is 67.0 Å². The number of aromatic nitrogens is 2. The zero-order valence-corrected chi connectivity index (χ0v) is 10.6. The largest absolute Gasteiger partial charge is 0.379 e. The lowest BCUT2D eigenvalue weighted by molar-refractivity contribution is 0.101. The van der Waals surface area contributed by atoms with Crippen LogP contribution in [0.4, 0.5) is 5.82 Å². The van der Waals surface area contributed by atoms with E-state index in [0.717, 1.165) is 37.9 Å². The monoisotopic (exact) mass is 249 g/mol. The van der Waals surface area contributed by atoms with Crippen molar-refractivity contribution in [2.45, 2.75) is 50.2 Å². The normalized spacial score (nSPS) is 27.4. The molecule has 0 radical (unpaired) electrons. The summed E-state index contributed by atoms with van der Waals surface area (Å²) in [6, 6.07) is 1.81. The van der Waals surface area contributed by atoms with Gasteiger partial charge >= 0.3 is 0 Å². The molecule has 2 unspecified atom stereocenters. The predicted molar refractivity (Wildman–Crippen MR) is 68.9 cm³/mol. The molecule has 2 fully saturated rings. The Morgan fingerprint density at radius 2 is 2.22 bits per heavy atom. The summed E-state index contributed by atoms with van der Waals surface area (Å²) < 4.78 is 5.44. The van der Waals surface area contributed by atoms with Gasteiger partial charge in [0.25, 0.3) is 5.56 Å². The summed E-state index contributed by atoms with van der Waals surface area (Å²) in [5.41, 5.74) is -0.0682. The van der Waals surface area contributed by atoms with Crippen LogP contribution < -0.4 is 10.9 Å². The Balaban J connectivity index is 1.77. The molecule has 5 heteroatoms. The fourth-order valence-electron chi connectivity index (χ4n) is 2.66. The second-order valence-corrected chi connectivity index (χ2v) is 5.25. The Morgan fingerprint density at radius 1 is 1.39 bits per heavy atom. The highest BCUT2D eigenvalue weighted by Gasteiger charge is 2.29. The minimum atomic E-state index is -0.0682. The summed E-state index contributed by atoms with van der Waals surface area (Å²) in [5.74, 6) is 1.98. The Labute approximate surface area is 106 Å². The summed E-state index contributed by atoms with van der Waals surface area (Å²) in [5, 5.41) is 3.35. The maximum Gasteiger partial charge on any atom is 0.252 e. The van der Waals surface area contributed by atoms with Crippen LogP contribution in [0.25, 0.3) is 0 Å². The highest BCUT2D eigenvalue weighted by atomic mass is 16.5. The van der Waals surface area contributed by atoms with Gasteiger partial charge in [0.2, 0.25) is 0 Å². The molecule has 2 aliphatic carbocycles. The second kappa shape index (κ2) is 4.72. The van der Waals surface area contributed by atoms with Gasteiger partial charge in [0.1, 0.15) is 11.6 Å². The molecule has 5 nitrogen and oxygen atoms in total. The van der Waals surface area contributed by atoms with Crippen molar-refractivity contribution in [3.05, 3.63) is 22.2 Å². The number of aromatic amines is 1. The second-order valence-electron chi connectivity index (χ2n) is 5.25. The predicted octanol–water partition coefficient (Wildman–Crippen LogP) is 1.63. The summed E-state index contributed by atoms with van der Waals surface area (Å²) in [7, 11) is 1.74. The van der Waals surface area contributed by atoms with Gasteiger partial charge in [-0.3, -0.25) is 4.79 Å². The average Bonchev–Trinajstić information content (AvgIpc) is 3.10. The third-order valence-corrected chi connectivity index (χ3v) is 3.81. The summed E-state index contributed by atoms with van der Waals surface area (Å²) in [4.78, 5) is 18.9. The van der Waals surface area contributed by atoms with Crippen LogP contribution >= 0.6 is 0 Å². The molecule has 0 saturated heterocycles. The number of methoxy groups -OCH3 is 1. The van der Waals surface area contributed by atoms with Crippen molar-refractivity contribution >= 4 is 5.82 Å². The lowest BCUT2D eigenvalue weighted by atomic mass is 10.2. The fourth-order valence-corrected chi connectivity index (χ4v) is 2.66. The summed E-state index contributed by atoms with van der Waals surface area (Å²) in [6.07, 6.45) is 5.82. The molecule has 0 amide bonds. The minimum absolute atomic E-state index is 0.0682. The smallest absolute Gasteiger partial charge is 0.252 e. The first-order chi connectivity index (χ1) is 8.76. The molecule has 2 aliphatic rings. The van der Waals surface area contributed by atoms with E-state index in [-0.39, 0.29) is 17.7 Å². The molecule has 0 bridgehead atoms.